The second-order valence-corrected chi connectivity index (χ2v) is 5.59. The average Bonchev–Trinajstić information content (AvgIpc) is 2.34. The Morgan fingerprint density at radius 3 is 2.22 bits per heavy atom. The van der Waals surface area contributed by atoms with Crippen LogP contribution in [0, 0.1) is 13.8 Å². The van der Waals surface area contributed by atoms with Crippen LogP contribution in [0.25, 0.3) is 0 Å². The summed E-state index contributed by atoms with van der Waals surface area (Å²) in [6.45, 7) is 6.32. The molecule has 0 amide bonds. The van der Waals surface area contributed by atoms with E-state index in [9.17, 15) is 0 Å². The van der Waals surface area contributed by atoms with Gasteiger partial charge in [0.25, 0.3) is 0 Å². The van der Waals surface area contributed by atoms with Gasteiger partial charge in [-0.05, 0) is 33.6 Å². The normalized spacial score (nSPS) is 18.4. The van der Waals surface area contributed by atoms with Gasteiger partial charge in [-0.15, -0.1) is 0 Å². The van der Waals surface area contributed by atoms with Crippen LogP contribution in [-0.2, 0) is 0 Å². The van der Waals surface area contributed by atoms with Crippen LogP contribution in [0.5, 0.6) is 0 Å². The van der Waals surface area contributed by atoms with Gasteiger partial charge >= 0.3 is 0 Å². The van der Waals surface area contributed by atoms with Gasteiger partial charge < -0.3 is 10.6 Å². The van der Waals surface area contributed by atoms with E-state index in [1.54, 1.807) is 0 Å². The third-order valence-corrected chi connectivity index (χ3v) is 3.87. The second kappa shape index (κ2) is 5.12. The molecule has 0 spiro atoms. The monoisotopic (exact) mass is 248 g/mol. The van der Waals surface area contributed by atoms with Crippen molar-refractivity contribution in [1.82, 2.24) is 9.97 Å². The molecule has 18 heavy (non-hydrogen) atoms. The summed E-state index contributed by atoms with van der Waals surface area (Å²) in [5, 5.41) is 6.79. The summed E-state index contributed by atoms with van der Waals surface area (Å²) >= 11 is 0. The molecule has 0 bridgehead atoms. The third kappa shape index (κ3) is 2.74. The van der Waals surface area contributed by atoms with Crippen molar-refractivity contribution in [3.05, 3.63) is 11.4 Å². The highest BCUT2D eigenvalue weighted by Gasteiger charge is 2.27. The Bertz CT molecular complexity index is 422. The molecule has 100 valence electrons. The van der Waals surface area contributed by atoms with Crippen molar-refractivity contribution in [3.63, 3.8) is 0 Å². The van der Waals surface area contributed by atoms with Crippen molar-refractivity contribution in [2.24, 2.45) is 0 Å². The van der Waals surface area contributed by atoms with Gasteiger partial charge in [0.2, 0.25) is 0 Å². The molecule has 4 heteroatoms. The van der Waals surface area contributed by atoms with Gasteiger partial charge in [-0.3, -0.25) is 0 Å². The fourth-order valence-electron chi connectivity index (χ4n) is 2.74. The molecule has 1 saturated carbocycles. The maximum Gasteiger partial charge on any atom is 0.135 e. The van der Waals surface area contributed by atoms with E-state index < -0.39 is 0 Å². The Labute approximate surface area is 110 Å². The van der Waals surface area contributed by atoms with Crippen molar-refractivity contribution in [2.75, 3.05) is 17.7 Å². The SMILES string of the molecule is CNc1nc(C)nc(NC2(C)CCCCC2)c1C. The minimum Gasteiger partial charge on any atom is -0.373 e. The van der Waals surface area contributed by atoms with E-state index >= 15 is 0 Å². The number of aryl methyl sites for hydroxylation is 1. The van der Waals surface area contributed by atoms with Crippen molar-refractivity contribution >= 4 is 11.6 Å². The predicted molar refractivity (Wildman–Crippen MR) is 76.2 cm³/mol. The summed E-state index contributed by atoms with van der Waals surface area (Å²) in [5.41, 5.74) is 1.30. The van der Waals surface area contributed by atoms with Crippen LogP contribution in [-0.4, -0.2) is 22.6 Å². The highest BCUT2D eigenvalue weighted by atomic mass is 15.1. The summed E-state index contributed by atoms with van der Waals surface area (Å²) < 4.78 is 0. The highest BCUT2D eigenvalue weighted by Crippen LogP contribution is 2.32. The number of hydrogen-bond acceptors (Lipinski definition) is 4. The number of nitrogens with one attached hydrogen (secondary N) is 2. The van der Waals surface area contributed by atoms with Gasteiger partial charge in [0.15, 0.2) is 0 Å². The molecule has 1 aliphatic carbocycles. The van der Waals surface area contributed by atoms with Gasteiger partial charge in [0, 0.05) is 18.2 Å². The smallest absolute Gasteiger partial charge is 0.135 e. The van der Waals surface area contributed by atoms with Gasteiger partial charge in [-0.1, -0.05) is 19.3 Å². The Morgan fingerprint density at radius 2 is 1.61 bits per heavy atom. The Balaban J connectivity index is 2.25. The molecule has 1 aliphatic rings. The van der Waals surface area contributed by atoms with Gasteiger partial charge in [0.1, 0.15) is 17.5 Å². The number of hydrogen-bond donors (Lipinski definition) is 2. The molecule has 4 nitrogen and oxygen atoms in total. The summed E-state index contributed by atoms with van der Waals surface area (Å²) in [4.78, 5) is 8.96. The third-order valence-electron chi connectivity index (χ3n) is 3.87. The number of aromatic nitrogens is 2. The zero-order valence-electron chi connectivity index (χ0n) is 11.9. The van der Waals surface area contributed by atoms with Crippen molar-refractivity contribution in [3.8, 4) is 0 Å². The highest BCUT2D eigenvalue weighted by molar-refractivity contribution is 5.57. The lowest BCUT2D eigenvalue weighted by Gasteiger charge is -2.35. The molecule has 2 rings (SSSR count). The maximum atomic E-state index is 4.56. The summed E-state index contributed by atoms with van der Waals surface area (Å²) in [7, 11) is 1.90. The first-order valence-corrected chi connectivity index (χ1v) is 6.85. The Kier molecular flexibility index (Phi) is 3.73. The molecule has 0 saturated heterocycles. The van der Waals surface area contributed by atoms with Crippen molar-refractivity contribution in [1.29, 1.82) is 0 Å². The largest absolute Gasteiger partial charge is 0.373 e. The second-order valence-electron chi connectivity index (χ2n) is 5.59. The molecule has 0 atom stereocenters. The van der Waals surface area contributed by atoms with Crippen LogP contribution in [0.1, 0.15) is 50.4 Å². The van der Waals surface area contributed by atoms with Crippen LogP contribution in [0.3, 0.4) is 0 Å². The number of anilines is 2. The zero-order valence-corrected chi connectivity index (χ0v) is 11.9. The van der Waals surface area contributed by atoms with E-state index in [2.05, 4.69) is 34.4 Å². The fourth-order valence-corrected chi connectivity index (χ4v) is 2.74. The number of nitrogens with zero attached hydrogens (tertiary/aromatic N) is 2. The summed E-state index contributed by atoms with van der Waals surface area (Å²) in [5.74, 6) is 2.72. The molecule has 1 fully saturated rings. The minimum absolute atomic E-state index is 0.189. The van der Waals surface area contributed by atoms with E-state index in [0.29, 0.717) is 0 Å². The van der Waals surface area contributed by atoms with Crippen LogP contribution >= 0.6 is 0 Å². The lowest BCUT2D eigenvalue weighted by Crippen LogP contribution is -2.37. The van der Waals surface area contributed by atoms with E-state index in [4.69, 9.17) is 0 Å². The van der Waals surface area contributed by atoms with Crippen molar-refractivity contribution < 1.29 is 0 Å². The van der Waals surface area contributed by atoms with E-state index in [1.165, 1.54) is 32.1 Å². The fraction of sp³-hybridized carbons (Fsp3) is 0.714. The van der Waals surface area contributed by atoms with E-state index in [-0.39, 0.29) is 5.54 Å². The lowest BCUT2D eigenvalue weighted by atomic mass is 9.83. The van der Waals surface area contributed by atoms with Crippen LogP contribution in [0.2, 0.25) is 0 Å². The quantitative estimate of drug-likeness (QED) is 0.862. The molecule has 0 aromatic carbocycles. The van der Waals surface area contributed by atoms with Crippen LogP contribution in [0.15, 0.2) is 0 Å². The predicted octanol–water partition coefficient (Wildman–Crippen LogP) is 3.27. The molecule has 0 unspecified atom stereocenters. The van der Waals surface area contributed by atoms with Gasteiger partial charge in [0.05, 0.1) is 0 Å². The molecule has 1 aromatic heterocycles. The number of rotatable bonds is 3. The molecular weight excluding hydrogens is 224 g/mol. The first-order valence-electron chi connectivity index (χ1n) is 6.85. The van der Waals surface area contributed by atoms with E-state index in [0.717, 1.165) is 23.0 Å². The molecule has 1 aromatic rings. The Morgan fingerprint density at radius 1 is 1.00 bits per heavy atom. The maximum absolute atomic E-state index is 4.56. The zero-order chi connectivity index (χ0) is 13.2. The Hall–Kier alpha value is -1.32. The lowest BCUT2D eigenvalue weighted by molar-refractivity contribution is 0.348. The molecule has 0 aliphatic heterocycles. The first-order chi connectivity index (χ1) is 8.54. The summed E-state index contributed by atoms with van der Waals surface area (Å²) in [6, 6.07) is 0. The van der Waals surface area contributed by atoms with E-state index in [1.807, 2.05) is 14.0 Å². The summed E-state index contributed by atoms with van der Waals surface area (Å²) in [6.07, 6.45) is 6.44. The topological polar surface area (TPSA) is 49.8 Å². The van der Waals surface area contributed by atoms with Crippen LogP contribution < -0.4 is 10.6 Å². The van der Waals surface area contributed by atoms with Crippen molar-refractivity contribution in [2.45, 2.75) is 58.4 Å². The molecule has 0 radical (unpaired) electrons. The average molecular weight is 248 g/mol. The standard InChI is InChI=1S/C14H24N4/c1-10-12(15-4)16-11(2)17-13(10)18-14(3)8-6-5-7-9-14/h5-9H2,1-4H3,(H2,15,16,17,18). The molecule has 2 N–H and O–H groups in total. The van der Waals surface area contributed by atoms with Gasteiger partial charge in [-0.2, -0.15) is 0 Å². The molecule has 1 heterocycles. The van der Waals surface area contributed by atoms with Crippen LogP contribution in [0.4, 0.5) is 11.6 Å². The van der Waals surface area contributed by atoms with Gasteiger partial charge in [-0.25, -0.2) is 9.97 Å². The molecular formula is C14H24N4. The first kappa shape index (κ1) is 13.1. The minimum atomic E-state index is 0.189.